The van der Waals surface area contributed by atoms with Crippen LogP contribution in [-0.2, 0) is 6.42 Å². The van der Waals surface area contributed by atoms with Crippen LogP contribution < -0.4 is 4.90 Å². The number of aromatic nitrogens is 4. The van der Waals surface area contributed by atoms with E-state index in [1.807, 2.05) is 38.6 Å². The third-order valence-electron chi connectivity index (χ3n) is 4.77. The molecule has 1 saturated heterocycles. The molecule has 1 aliphatic rings. The number of pyridine rings is 1. The Hall–Kier alpha value is -2.90. The molecule has 3 aromatic heterocycles. The molecule has 4 heterocycles. The molecule has 0 aliphatic carbocycles. The number of anilines is 1. The molecule has 0 saturated carbocycles. The maximum absolute atomic E-state index is 13.1. The Morgan fingerprint density at radius 1 is 1.19 bits per heavy atom. The first-order chi connectivity index (χ1) is 13.0. The summed E-state index contributed by atoms with van der Waals surface area (Å²) in [5.41, 5.74) is 1.40. The summed E-state index contributed by atoms with van der Waals surface area (Å²) < 4.78 is 7.52. The Morgan fingerprint density at radius 2 is 1.96 bits per heavy atom. The number of carbonyl (C=O) groups is 1. The second kappa shape index (κ2) is 7.02. The zero-order valence-electron chi connectivity index (χ0n) is 15.9. The first kappa shape index (κ1) is 17.5. The lowest BCUT2D eigenvalue weighted by atomic mass is 10.1. The van der Waals surface area contributed by atoms with E-state index in [1.54, 1.807) is 6.92 Å². The van der Waals surface area contributed by atoms with Crippen LogP contribution in [0.4, 0.5) is 6.01 Å². The number of hydrogen-bond acceptors (Lipinski definition) is 6. The van der Waals surface area contributed by atoms with Gasteiger partial charge in [0, 0.05) is 45.7 Å². The Kier molecular flexibility index (Phi) is 4.55. The van der Waals surface area contributed by atoms with Crippen LogP contribution in [0.15, 0.2) is 28.8 Å². The number of fused-ring (bicyclic) bond motifs is 1. The largest absolute Gasteiger partial charge is 0.408 e. The molecule has 4 rings (SSSR count). The summed E-state index contributed by atoms with van der Waals surface area (Å²) in [6.07, 6.45) is 2.81. The standard InChI is InChI=1S/C19H24N6O2/c1-13(2)12-16-20-17(15-6-4-5-7-25(15)16)18(26)23-8-10-24(11-9-23)19-22-21-14(3)27-19/h4-7,13H,8-12H2,1-3H3. The van der Waals surface area contributed by atoms with Crippen LogP contribution in [0.3, 0.4) is 0 Å². The fourth-order valence-corrected chi connectivity index (χ4v) is 3.43. The van der Waals surface area contributed by atoms with Gasteiger partial charge in [-0.25, -0.2) is 4.98 Å². The predicted octanol–water partition coefficient (Wildman–Crippen LogP) is 2.19. The summed E-state index contributed by atoms with van der Waals surface area (Å²) in [5, 5.41) is 7.93. The van der Waals surface area contributed by atoms with Crippen molar-refractivity contribution in [1.82, 2.24) is 24.5 Å². The second-order valence-corrected chi connectivity index (χ2v) is 7.31. The summed E-state index contributed by atoms with van der Waals surface area (Å²) in [6.45, 7) is 8.62. The first-order valence-electron chi connectivity index (χ1n) is 9.33. The Balaban J connectivity index is 1.53. The van der Waals surface area contributed by atoms with Gasteiger partial charge in [0.1, 0.15) is 5.82 Å². The third-order valence-corrected chi connectivity index (χ3v) is 4.77. The van der Waals surface area contributed by atoms with Gasteiger partial charge in [-0.1, -0.05) is 25.0 Å². The highest BCUT2D eigenvalue weighted by atomic mass is 16.4. The highest BCUT2D eigenvalue weighted by molar-refractivity contribution is 5.99. The fourth-order valence-electron chi connectivity index (χ4n) is 3.43. The van der Waals surface area contributed by atoms with Crippen molar-refractivity contribution in [2.75, 3.05) is 31.1 Å². The number of carbonyl (C=O) groups excluding carboxylic acids is 1. The van der Waals surface area contributed by atoms with E-state index in [2.05, 4.69) is 24.0 Å². The Morgan fingerprint density at radius 3 is 2.63 bits per heavy atom. The molecule has 0 spiro atoms. The zero-order valence-corrected chi connectivity index (χ0v) is 15.9. The van der Waals surface area contributed by atoms with Gasteiger partial charge in [-0.05, 0) is 18.1 Å². The van der Waals surface area contributed by atoms with E-state index in [0.29, 0.717) is 49.7 Å². The predicted molar refractivity (Wildman–Crippen MR) is 101 cm³/mol. The number of rotatable bonds is 4. The lowest BCUT2D eigenvalue weighted by molar-refractivity contribution is 0.0741. The SMILES string of the molecule is Cc1nnc(N2CCN(C(=O)c3nc(CC(C)C)n4ccccc34)CC2)o1. The number of aryl methyl sites for hydroxylation is 1. The van der Waals surface area contributed by atoms with Crippen molar-refractivity contribution in [3.05, 3.63) is 41.8 Å². The number of nitrogens with zero attached hydrogens (tertiary/aromatic N) is 6. The van der Waals surface area contributed by atoms with Crippen molar-refractivity contribution >= 4 is 17.4 Å². The number of amides is 1. The van der Waals surface area contributed by atoms with E-state index in [4.69, 9.17) is 9.40 Å². The Labute approximate surface area is 157 Å². The molecule has 0 atom stereocenters. The molecule has 0 unspecified atom stereocenters. The highest BCUT2D eigenvalue weighted by Crippen LogP contribution is 2.20. The van der Waals surface area contributed by atoms with Crippen molar-refractivity contribution in [3.63, 3.8) is 0 Å². The van der Waals surface area contributed by atoms with Crippen LogP contribution in [-0.4, -0.2) is 56.6 Å². The van der Waals surface area contributed by atoms with Crippen molar-refractivity contribution in [2.45, 2.75) is 27.2 Å². The van der Waals surface area contributed by atoms with Gasteiger partial charge in [0.15, 0.2) is 5.69 Å². The average Bonchev–Trinajstić information content (AvgIpc) is 3.25. The van der Waals surface area contributed by atoms with Crippen molar-refractivity contribution in [2.24, 2.45) is 5.92 Å². The molecule has 0 N–H and O–H groups in total. The van der Waals surface area contributed by atoms with Gasteiger partial charge < -0.3 is 18.6 Å². The van der Waals surface area contributed by atoms with E-state index in [1.165, 1.54) is 0 Å². The van der Waals surface area contributed by atoms with Crippen LogP contribution >= 0.6 is 0 Å². The van der Waals surface area contributed by atoms with Crippen molar-refractivity contribution < 1.29 is 9.21 Å². The molecule has 1 aliphatic heterocycles. The molecule has 27 heavy (non-hydrogen) atoms. The molecule has 3 aromatic rings. The van der Waals surface area contributed by atoms with E-state index in [-0.39, 0.29) is 5.91 Å². The van der Waals surface area contributed by atoms with E-state index < -0.39 is 0 Å². The highest BCUT2D eigenvalue weighted by Gasteiger charge is 2.27. The van der Waals surface area contributed by atoms with Crippen LogP contribution in [0.1, 0.15) is 36.1 Å². The molecule has 0 bridgehead atoms. The zero-order chi connectivity index (χ0) is 19.0. The molecule has 1 fully saturated rings. The molecule has 142 valence electrons. The normalized spacial score (nSPS) is 15.1. The first-order valence-corrected chi connectivity index (χ1v) is 9.33. The molecule has 8 heteroatoms. The Bertz CT molecular complexity index is 952. The lowest BCUT2D eigenvalue weighted by Crippen LogP contribution is -2.49. The van der Waals surface area contributed by atoms with Gasteiger partial charge in [0.25, 0.3) is 5.91 Å². The van der Waals surface area contributed by atoms with Crippen LogP contribution in [0.2, 0.25) is 0 Å². The number of imidazole rings is 1. The van der Waals surface area contributed by atoms with E-state index in [0.717, 1.165) is 17.8 Å². The summed E-state index contributed by atoms with van der Waals surface area (Å²) in [7, 11) is 0. The van der Waals surface area contributed by atoms with Crippen LogP contribution in [0, 0.1) is 12.8 Å². The van der Waals surface area contributed by atoms with Crippen molar-refractivity contribution in [1.29, 1.82) is 0 Å². The van der Waals surface area contributed by atoms with Gasteiger partial charge in [0.2, 0.25) is 5.89 Å². The molecular weight excluding hydrogens is 344 g/mol. The summed E-state index contributed by atoms with van der Waals surface area (Å²) in [4.78, 5) is 21.7. The molecule has 0 radical (unpaired) electrons. The van der Waals surface area contributed by atoms with Gasteiger partial charge in [0.05, 0.1) is 5.52 Å². The molecule has 8 nitrogen and oxygen atoms in total. The lowest BCUT2D eigenvalue weighted by Gasteiger charge is -2.33. The van der Waals surface area contributed by atoms with Crippen LogP contribution in [0.25, 0.3) is 5.52 Å². The van der Waals surface area contributed by atoms with Crippen molar-refractivity contribution in [3.8, 4) is 0 Å². The maximum atomic E-state index is 13.1. The van der Waals surface area contributed by atoms with Gasteiger partial charge >= 0.3 is 6.01 Å². The summed E-state index contributed by atoms with van der Waals surface area (Å²) in [5.74, 6) is 1.94. The summed E-state index contributed by atoms with van der Waals surface area (Å²) in [6, 6.07) is 6.40. The van der Waals surface area contributed by atoms with E-state index >= 15 is 0 Å². The fraction of sp³-hybridized carbons (Fsp3) is 0.474. The minimum Gasteiger partial charge on any atom is -0.408 e. The quantitative estimate of drug-likeness (QED) is 0.702. The smallest absolute Gasteiger partial charge is 0.318 e. The third kappa shape index (κ3) is 3.39. The average molecular weight is 368 g/mol. The number of hydrogen-bond donors (Lipinski definition) is 0. The summed E-state index contributed by atoms with van der Waals surface area (Å²) >= 11 is 0. The molecule has 1 amide bonds. The van der Waals surface area contributed by atoms with Gasteiger partial charge in [-0.2, -0.15) is 0 Å². The second-order valence-electron chi connectivity index (χ2n) is 7.31. The minimum atomic E-state index is -0.0185. The molecular formula is C19H24N6O2. The molecule has 0 aromatic carbocycles. The topological polar surface area (TPSA) is 79.8 Å². The van der Waals surface area contributed by atoms with E-state index in [9.17, 15) is 4.79 Å². The van der Waals surface area contributed by atoms with Gasteiger partial charge in [-0.15, -0.1) is 5.10 Å². The van der Waals surface area contributed by atoms with Gasteiger partial charge in [-0.3, -0.25) is 4.79 Å². The monoisotopic (exact) mass is 368 g/mol. The minimum absolute atomic E-state index is 0.0185. The maximum Gasteiger partial charge on any atom is 0.318 e. The van der Waals surface area contributed by atoms with Crippen LogP contribution in [0.5, 0.6) is 0 Å². The number of piperazine rings is 1.